The number of hydrogen-bond acceptors (Lipinski definition) is 0. The molecule has 154 valence electrons. The van der Waals surface area contributed by atoms with E-state index in [2.05, 4.69) is 41.8 Å². The molecule has 3 heteroatoms. The van der Waals surface area contributed by atoms with Crippen molar-refractivity contribution in [1.82, 2.24) is 4.57 Å². The minimum Gasteiger partial charge on any atom is -1.00 e. The highest BCUT2D eigenvalue weighted by Crippen LogP contribution is 2.14. The molecule has 0 radical (unpaired) electrons. The zero-order valence-electron chi connectivity index (χ0n) is 17.7. The summed E-state index contributed by atoms with van der Waals surface area (Å²) < 4.78 is 4.42. The highest BCUT2D eigenvalue weighted by atomic mass is 127. The summed E-state index contributed by atoms with van der Waals surface area (Å²) in [5.41, 5.74) is 0. The van der Waals surface area contributed by atoms with E-state index < -0.39 is 0 Å². The SMILES string of the molecule is CCCCCCCCCCCCCCCCCCCn1cc[n+](C)c1.[I-]. The van der Waals surface area contributed by atoms with Crippen molar-refractivity contribution in [3.63, 3.8) is 0 Å². The fourth-order valence-electron chi connectivity index (χ4n) is 3.65. The topological polar surface area (TPSA) is 8.81 Å². The lowest BCUT2D eigenvalue weighted by Crippen LogP contribution is -3.00. The third-order valence-corrected chi connectivity index (χ3v) is 5.34. The molecule has 0 saturated carbocycles. The van der Waals surface area contributed by atoms with Crippen LogP contribution in [0.2, 0.25) is 0 Å². The molecule has 0 fully saturated rings. The Morgan fingerprint density at radius 2 is 1.00 bits per heavy atom. The van der Waals surface area contributed by atoms with Gasteiger partial charge in [-0.1, -0.05) is 103 Å². The molecule has 0 aliphatic rings. The molecule has 0 aliphatic carbocycles. The molecule has 26 heavy (non-hydrogen) atoms. The standard InChI is InChI=1S/C23H45N2.HI/c1-3-4-5-6-7-8-9-10-11-12-13-14-15-16-17-18-19-20-25-22-21-24(2)23-25;/h21-23H,3-20H2,1-2H3;1H/q+1;/p-1. The van der Waals surface area contributed by atoms with E-state index in [0.717, 1.165) is 0 Å². The molecule has 1 aromatic rings. The molecule has 2 nitrogen and oxygen atoms in total. The van der Waals surface area contributed by atoms with Gasteiger partial charge < -0.3 is 24.0 Å². The highest BCUT2D eigenvalue weighted by Gasteiger charge is 1.99. The molecule has 0 N–H and O–H groups in total. The quantitative estimate of drug-likeness (QED) is 0.172. The first-order valence-electron chi connectivity index (χ1n) is 11.3. The molecule has 0 spiro atoms. The van der Waals surface area contributed by atoms with E-state index in [0.29, 0.717) is 0 Å². The van der Waals surface area contributed by atoms with Crippen molar-refractivity contribution in [1.29, 1.82) is 0 Å². The maximum atomic E-state index is 2.30. The van der Waals surface area contributed by atoms with Crippen LogP contribution in [0.5, 0.6) is 0 Å². The van der Waals surface area contributed by atoms with E-state index in [1.54, 1.807) is 0 Å². The number of nitrogens with zero attached hydrogens (tertiary/aromatic N) is 2. The van der Waals surface area contributed by atoms with Gasteiger partial charge in [0.1, 0.15) is 12.4 Å². The first kappa shape index (κ1) is 25.9. The molecular formula is C23H45IN2. The van der Waals surface area contributed by atoms with E-state index in [-0.39, 0.29) is 24.0 Å². The number of aromatic nitrogens is 2. The van der Waals surface area contributed by atoms with Gasteiger partial charge in [0.05, 0.1) is 13.6 Å². The predicted octanol–water partition coefficient (Wildman–Crippen LogP) is 3.97. The molecule has 0 saturated heterocycles. The Morgan fingerprint density at radius 3 is 1.35 bits per heavy atom. The maximum absolute atomic E-state index is 2.30. The third kappa shape index (κ3) is 16.1. The first-order valence-corrected chi connectivity index (χ1v) is 11.3. The summed E-state index contributed by atoms with van der Waals surface area (Å²) in [6.45, 7) is 3.48. The van der Waals surface area contributed by atoms with Crippen LogP contribution in [-0.2, 0) is 13.6 Å². The third-order valence-electron chi connectivity index (χ3n) is 5.34. The zero-order chi connectivity index (χ0) is 18.0. The minimum absolute atomic E-state index is 0. The van der Waals surface area contributed by atoms with E-state index in [1.807, 2.05) is 0 Å². The fourth-order valence-corrected chi connectivity index (χ4v) is 3.65. The molecule has 1 rings (SSSR count). The smallest absolute Gasteiger partial charge is 0.243 e. The molecule has 0 amide bonds. The molecule has 0 unspecified atom stereocenters. The molecule has 1 aromatic heterocycles. The number of unbranched alkanes of at least 4 members (excludes halogenated alkanes) is 16. The van der Waals surface area contributed by atoms with Gasteiger partial charge in [0.25, 0.3) is 0 Å². The average Bonchev–Trinajstić information content (AvgIpc) is 3.03. The van der Waals surface area contributed by atoms with Crippen LogP contribution in [0.3, 0.4) is 0 Å². The van der Waals surface area contributed by atoms with Crippen molar-refractivity contribution in [2.75, 3.05) is 0 Å². The normalized spacial score (nSPS) is 10.8. The summed E-state index contributed by atoms with van der Waals surface area (Å²) in [5, 5.41) is 0. The minimum atomic E-state index is 0. The number of aryl methyl sites for hydroxylation is 2. The highest BCUT2D eigenvalue weighted by molar-refractivity contribution is 4.65. The summed E-state index contributed by atoms with van der Waals surface area (Å²) in [5.74, 6) is 0. The van der Waals surface area contributed by atoms with Crippen molar-refractivity contribution in [2.45, 2.75) is 123 Å². The van der Waals surface area contributed by atoms with E-state index in [4.69, 9.17) is 0 Å². The van der Waals surface area contributed by atoms with Gasteiger partial charge in [-0.05, 0) is 12.8 Å². The van der Waals surface area contributed by atoms with Gasteiger partial charge in [-0.2, -0.15) is 0 Å². The number of rotatable bonds is 18. The summed E-state index contributed by atoms with van der Waals surface area (Å²) in [6, 6.07) is 0. The van der Waals surface area contributed by atoms with Gasteiger partial charge in [-0.25, -0.2) is 9.13 Å². The van der Waals surface area contributed by atoms with Crippen LogP contribution >= 0.6 is 0 Å². The molecule has 0 aliphatic heterocycles. The summed E-state index contributed by atoms with van der Waals surface area (Å²) in [6.07, 6.45) is 31.0. The van der Waals surface area contributed by atoms with E-state index >= 15 is 0 Å². The van der Waals surface area contributed by atoms with Crippen LogP contribution in [0.25, 0.3) is 0 Å². The lowest BCUT2D eigenvalue weighted by molar-refractivity contribution is -0.671. The molecule has 0 atom stereocenters. The number of hydrogen-bond donors (Lipinski definition) is 0. The predicted molar refractivity (Wildman–Crippen MR) is 110 cm³/mol. The molecule has 1 heterocycles. The molecule has 0 bridgehead atoms. The van der Waals surface area contributed by atoms with Crippen LogP contribution in [0.15, 0.2) is 18.7 Å². The van der Waals surface area contributed by atoms with Crippen molar-refractivity contribution < 1.29 is 28.5 Å². The fraction of sp³-hybridized carbons (Fsp3) is 0.870. The Labute approximate surface area is 181 Å². The van der Waals surface area contributed by atoms with Gasteiger partial charge >= 0.3 is 0 Å². The van der Waals surface area contributed by atoms with Gasteiger partial charge in [-0.3, -0.25) is 0 Å². The Kier molecular flexibility index (Phi) is 19.6. The van der Waals surface area contributed by atoms with Crippen LogP contribution in [0.4, 0.5) is 0 Å². The van der Waals surface area contributed by atoms with Gasteiger partial charge in [0.2, 0.25) is 6.33 Å². The van der Waals surface area contributed by atoms with Crippen molar-refractivity contribution in [2.24, 2.45) is 7.05 Å². The van der Waals surface area contributed by atoms with Gasteiger partial charge in [-0.15, -0.1) is 0 Å². The summed E-state index contributed by atoms with van der Waals surface area (Å²) >= 11 is 0. The van der Waals surface area contributed by atoms with Crippen LogP contribution in [0, 0.1) is 0 Å². The van der Waals surface area contributed by atoms with Crippen molar-refractivity contribution in [3.05, 3.63) is 18.7 Å². The Bertz CT molecular complexity index is 389. The largest absolute Gasteiger partial charge is 1.00 e. The number of imidazole rings is 1. The van der Waals surface area contributed by atoms with Crippen molar-refractivity contribution in [3.8, 4) is 0 Å². The Morgan fingerprint density at radius 1 is 0.615 bits per heavy atom. The van der Waals surface area contributed by atoms with Crippen LogP contribution in [0.1, 0.15) is 116 Å². The van der Waals surface area contributed by atoms with E-state index in [9.17, 15) is 0 Å². The molecule has 0 aromatic carbocycles. The number of halogens is 1. The maximum Gasteiger partial charge on any atom is 0.243 e. The van der Waals surface area contributed by atoms with Gasteiger partial charge in [0.15, 0.2) is 0 Å². The van der Waals surface area contributed by atoms with Crippen LogP contribution < -0.4 is 28.5 Å². The first-order chi connectivity index (χ1) is 12.3. The summed E-state index contributed by atoms with van der Waals surface area (Å²) in [7, 11) is 2.09. The Hall–Kier alpha value is -0.0600. The second kappa shape index (κ2) is 19.7. The molecular weight excluding hydrogens is 431 g/mol. The Balaban J connectivity index is 0.00000625. The lowest BCUT2D eigenvalue weighted by Gasteiger charge is -2.03. The lowest BCUT2D eigenvalue weighted by atomic mass is 10.0. The van der Waals surface area contributed by atoms with Gasteiger partial charge in [0, 0.05) is 0 Å². The second-order valence-electron chi connectivity index (χ2n) is 7.97. The monoisotopic (exact) mass is 476 g/mol. The van der Waals surface area contributed by atoms with Crippen LogP contribution in [-0.4, -0.2) is 4.57 Å². The zero-order valence-corrected chi connectivity index (χ0v) is 19.9. The second-order valence-corrected chi connectivity index (χ2v) is 7.97. The van der Waals surface area contributed by atoms with Crippen molar-refractivity contribution >= 4 is 0 Å². The summed E-state index contributed by atoms with van der Waals surface area (Å²) in [4.78, 5) is 0. The average molecular weight is 477 g/mol. The van der Waals surface area contributed by atoms with E-state index in [1.165, 1.54) is 116 Å².